The van der Waals surface area contributed by atoms with E-state index in [9.17, 15) is 13.6 Å². The van der Waals surface area contributed by atoms with Crippen LogP contribution in [-0.4, -0.2) is 18.2 Å². The van der Waals surface area contributed by atoms with Gasteiger partial charge in [0.15, 0.2) is 11.6 Å². The summed E-state index contributed by atoms with van der Waals surface area (Å²) in [5.41, 5.74) is -0.836. The quantitative estimate of drug-likeness (QED) is 0.901. The molecule has 1 saturated carbocycles. The highest BCUT2D eigenvalue weighted by atomic mass is 19.1. The third-order valence-corrected chi connectivity index (χ3v) is 3.61. The third-order valence-electron chi connectivity index (χ3n) is 3.61. The van der Waals surface area contributed by atoms with Crippen LogP contribution < -0.4 is 4.74 Å². The molecule has 0 heterocycles. The van der Waals surface area contributed by atoms with Crippen LogP contribution in [0.5, 0.6) is 5.75 Å². The summed E-state index contributed by atoms with van der Waals surface area (Å²) in [5, 5.41) is 9.17. The molecule has 98 valence electrons. The second kappa shape index (κ2) is 4.55. The van der Waals surface area contributed by atoms with Crippen LogP contribution in [0.4, 0.5) is 8.78 Å². The van der Waals surface area contributed by atoms with Gasteiger partial charge in [-0.1, -0.05) is 6.42 Å². The van der Waals surface area contributed by atoms with Crippen LogP contribution in [0.2, 0.25) is 0 Å². The van der Waals surface area contributed by atoms with Crippen molar-refractivity contribution in [3.05, 3.63) is 29.3 Å². The van der Waals surface area contributed by atoms with Gasteiger partial charge in [-0.25, -0.2) is 8.78 Å². The zero-order valence-corrected chi connectivity index (χ0v) is 10.0. The lowest BCUT2D eigenvalue weighted by Gasteiger charge is -2.37. The summed E-state index contributed by atoms with van der Waals surface area (Å²) in [6.45, 7) is 0. The van der Waals surface area contributed by atoms with E-state index < -0.39 is 23.0 Å². The number of benzene rings is 1. The van der Waals surface area contributed by atoms with Gasteiger partial charge in [-0.3, -0.25) is 4.79 Å². The number of methoxy groups -OCH3 is 1. The van der Waals surface area contributed by atoms with Crippen molar-refractivity contribution in [2.75, 3.05) is 7.11 Å². The van der Waals surface area contributed by atoms with E-state index in [0.29, 0.717) is 12.8 Å². The maximum Gasteiger partial charge on any atom is 0.309 e. The van der Waals surface area contributed by atoms with Gasteiger partial charge in [0.25, 0.3) is 0 Å². The summed E-state index contributed by atoms with van der Waals surface area (Å²) >= 11 is 0. The van der Waals surface area contributed by atoms with Crippen molar-refractivity contribution in [2.45, 2.75) is 25.7 Å². The topological polar surface area (TPSA) is 46.5 Å². The fourth-order valence-electron chi connectivity index (χ4n) is 2.30. The summed E-state index contributed by atoms with van der Waals surface area (Å²) in [5.74, 6) is -2.41. The minimum Gasteiger partial charge on any atom is -0.494 e. The molecule has 18 heavy (non-hydrogen) atoms. The predicted octanol–water partition coefficient (Wildman–Crippen LogP) is 2.77. The normalized spacial score (nSPS) is 17.1. The number of carboxylic acid groups (broad SMARTS) is 1. The molecule has 0 spiro atoms. The Balaban J connectivity index is 2.29. The molecule has 2 rings (SSSR count). The molecule has 1 aliphatic carbocycles. The average molecular weight is 256 g/mol. The minimum absolute atomic E-state index is 0.0229. The summed E-state index contributed by atoms with van der Waals surface area (Å²) in [6.07, 6.45) is 1.85. The Morgan fingerprint density at radius 1 is 1.39 bits per heavy atom. The lowest BCUT2D eigenvalue weighted by Crippen LogP contribution is -2.40. The molecule has 0 saturated heterocycles. The first kappa shape index (κ1) is 12.8. The largest absolute Gasteiger partial charge is 0.494 e. The summed E-state index contributed by atoms with van der Waals surface area (Å²) in [6, 6.07) is 1.98. The van der Waals surface area contributed by atoms with E-state index >= 15 is 0 Å². The van der Waals surface area contributed by atoms with Gasteiger partial charge >= 0.3 is 5.97 Å². The van der Waals surface area contributed by atoms with E-state index in [0.717, 1.165) is 18.6 Å². The van der Waals surface area contributed by atoms with Gasteiger partial charge in [-0.15, -0.1) is 0 Å². The molecule has 1 fully saturated rings. The highest BCUT2D eigenvalue weighted by Gasteiger charge is 2.44. The van der Waals surface area contributed by atoms with Gasteiger partial charge in [0.1, 0.15) is 5.82 Å². The molecule has 3 nitrogen and oxygen atoms in total. The van der Waals surface area contributed by atoms with Crippen molar-refractivity contribution in [1.29, 1.82) is 0 Å². The van der Waals surface area contributed by atoms with Gasteiger partial charge < -0.3 is 9.84 Å². The molecule has 0 unspecified atom stereocenters. The molecule has 0 atom stereocenters. The molecule has 0 amide bonds. The highest BCUT2D eigenvalue weighted by Crippen LogP contribution is 2.44. The molecule has 1 aromatic carbocycles. The van der Waals surface area contributed by atoms with Crippen LogP contribution in [0.3, 0.4) is 0 Å². The molecular formula is C13H14F2O3. The first-order valence-corrected chi connectivity index (χ1v) is 5.74. The van der Waals surface area contributed by atoms with Crippen LogP contribution in [-0.2, 0) is 11.2 Å². The second-order valence-corrected chi connectivity index (χ2v) is 4.69. The standard InChI is InChI=1S/C13H14F2O3/c1-18-11-6-9(14)8(5-10(11)15)7-13(12(16)17)3-2-4-13/h5-6H,2-4,7H2,1H3,(H,16,17). The van der Waals surface area contributed by atoms with E-state index in [2.05, 4.69) is 4.74 Å². The molecule has 0 aromatic heterocycles. The number of aliphatic carboxylic acids is 1. The number of carbonyl (C=O) groups is 1. The Morgan fingerprint density at radius 2 is 2.06 bits per heavy atom. The van der Waals surface area contributed by atoms with E-state index in [1.807, 2.05) is 0 Å². The van der Waals surface area contributed by atoms with Crippen LogP contribution in [0.15, 0.2) is 12.1 Å². The highest BCUT2D eigenvalue weighted by molar-refractivity contribution is 5.76. The molecule has 0 bridgehead atoms. The number of carboxylic acids is 1. The maximum atomic E-state index is 13.7. The van der Waals surface area contributed by atoms with E-state index in [1.54, 1.807) is 0 Å². The Morgan fingerprint density at radius 3 is 2.50 bits per heavy atom. The van der Waals surface area contributed by atoms with E-state index in [1.165, 1.54) is 7.11 Å². The van der Waals surface area contributed by atoms with E-state index in [4.69, 9.17) is 5.11 Å². The van der Waals surface area contributed by atoms with Crippen molar-refractivity contribution in [3.63, 3.8) is 0 Å². The SMILES string of the molecule is COc1cc(F)c(CC2(C(=O)O)CCC2)cc1F. The minimum atomic E-state index is -0.940. The number of hydrogen-bond donors (Lipinski definition) is 1. The lowest BCUT2D eigenvalue weighted by molar-refractivity contribution is -0.154. The summed E-state index contributed by atoms with van der Waals surface area (Å²) in [7, 11) is 1.25. The Kier molecular flexibility index (Phi) is 3.24. The van der Waals surface area contributed by atoms with Crippen molar-refractivity contribution in [1.82, 2.24) is 0 Å². The molecule has 1 N–H and O–H groups in total. The van der Waals surface area contributed by atoms with Gasteiger partial charge in [0.05, 0.1) is 12.5 Å². The number of rotatable bonds is 4. The van der Waals surface area contributed by atoms with Gasteiger partial charge in [0, 0.05) is 6.07 Å². The average Bonchev–Trinajstić information content (AvgIpc) is 2.26. The van der Waals surface area contributed by atoms with Gasteiger partial charge in [-0.05, 0) is 30.9 Å². The van der Waals surface area contributed by atoms with Crippen LogP contribution >= 0.6 is 0 Å². The monoisotopic (exact) mass is 256 g/mol. The van der Waals surface area contributed by atoms with Crippen LogP contribution in [0.25, 0.3) is 0 Å². The Hall–Kier alpha value is -1.65. The number of ether oxygens (including phenoxy) is 1. The van der Waals surface area contributed by atoms with Gasteiger partial charge in [-0.2, -0.15) is 0 Å². The first-order chi connectivity index (χ1) is 8.48. The number of halogens is 2. The van der Waals surface area contributed by atoms with Crippen molar-refractivity contribution >= 4 is 5.97 Å². The van der Waals surface area contributed by atoms with Crippen LogP contribution in [0, 0.1) is 17.0 Å². The first-order valence-electron chi connectivity index (χ1n) is 5.74. The fourth-order valence-corrected chi connectivity index (χ4v) is 2.30. The second-order valence-electron chi connectivity index (χ2n) is 4.69. The van der Waals surface area contributed by atoms with Crippen molar-refractivity contribution in [2.24, 2.45) is 5.41 Å². The zero-order chi connectivity index (χ0) is 13.3. The lowest BCUT2D eigenvalue weighted by atomic mass is 9.65. The molecule has 5 heteroatoms. The Labute approximate surface area is 103 Å². The number of hydrogen-bond acceptors (Lipinski definition) is 2. The molecule has 0 radical (unpaired) electrons. The van der Waals surface area contributed by atoms with Crippen molar-refractivity contribution in [3.8, 4) is 5.75 Å². The molecule has 1 aromatic rings. The molecule has 0 aliphatic heterocycles. The van der Waals surface area contributed by atoms with Crippen molar-refractivity contribution < 1.29 is 23.4 Å². The summed E-state index contributed by atoms with van der Waals surface area (Å²) < 4.78 is 31.9. The fraction of sp³-hybridized carbons (Fsp3) is 0.462. The summed E-state index contributed by atoms with van der Waals surface area (Å²) in [4.78, 5) is 11.2. The molecular weight excluding hydrogens is 242 g/mol. The van der Waals surface area contributed by atoms with E-state index in [-0.39, 0.29) is 17.7 Å². The van der Waals surface area contributed by atoms with Gasteiger partial charge in [0.2, 0.25) is 0 Å². The maximum absolute atomic E-state index is 13.7. The zero-order valence-electron chi connectivity index (χ0n) is 10.0. The predicted molar refractivity (Wildman–Crippen MR) is 60.5 cm³/mol. The van der Waals surface area contributed by atoms with Crippen LogP contribution in [0.1, 0.15) is 24.8 Å². The molecule has 1 aliphatic rings. The third kappa shape index (κ3) is 2.05. The Bertz CT molecular complexity index is 481. The smallest absolute Gasteiger partial charge is 0.309 e.